The summed E-state index contributed by atoms with van der Waals surface area (Å²) in [7, 11) is 0. The van der Waals surface area contributed by atoms with Crippen LogP contribution in [0, 0.1) is 17.5 Å². The smallest absolute Gasteiger partial charge is 0.129 e. The summed E-state index contributed by atoms with van der Waals surface area (Å²) in [6.45, 7) is 0. The van der Waals surface area contributed by atoms with E-state index in [1.54, 1.807) is 6.07 Å². The van der Waals surface area contributed by atoms with E-state index in [0.717, 1.165) is 5.56 Å². The average Bonchev–Trinajstić information content (AvgIpc) is 2.37. The van der Waals surface area contributed by atoms with E-state index in [0.29, 0.717) is 10.9 Å². The van der Waals surface area contributed by atoms with Crippen molar-refractivity contribution in [2.45, 2.75) is 18.9 Å². The van der Waals surface area contributed by atoms with Gasteiger partial charge >= 0.3 is 0 Å². The molecular formula is C15H13BrF3N. The van der Waals surface area contributed by atoms with Gasteiger partial charge in [0.15, 0.2) is 0 Å². The fourth-order valence-electron chi connectivity index (χ4n) is 2.03. The van der Waals surface area contributed by atoms with Crippen molar-refractivity contribution in [1.29, 1.82) is 0 Å². The number of hydrogen-bond acceptors (Lipinski definition) is 1. The summed E-state index contributed by atoms with van der Waals surface area (Å²) in [6, 6.07) is 7.55. The minimum absolute atomic E-state index is 0.0155. The van der Waals surface area contributed by atoms with Crippen LogP contribution in [0.1, 0.15) is 11.1 Å². The van der Waals surface area contributed by atoms with Gasteiger partial charge in [0, 0.05) is 16.1 Å². The number of rotatable bonds is 4. The first-order chi connectivity index (χ1) is 9.47. The monoisotopic (exact) mass is 343 g/mol. The summed E-state index contributed by atoms with van der Waals surface area (Å²) in [5.41, 5.74) is 6.72. The standard InChI is InChI=1S/C15H13BrF3N/c16-13-7-10(17)5-4-9(13)6-11(20)8-12-14(18)2-1-3-15(12)19/h1-5,7,11H,6,8,20H2. The summed E-state index contributed by atoms with van der Waals surface area (Å²) in [4.78, 5) is 0. The Hall–Kier alpha value is -1.33. The minimum Gasteiger partial charge on any atom is -0.327 e. The van der Waals surface area contributed by atoms with Gasteiger partial charge in [0.2, 0.25) is 0 Å². The highest BCUT2D eigenvalue weighted by Crippen LogP contribution is 2.21. The molecule has 2 aromatic carbocycles. The molecule has 0 radical (unpaired) electrons. The third-order valence-corrected chi connectivity index (χ3v) is 3.76. The second kappa shape index (κ2) is 6.41. The lowest BCUT2D eigenvalue weighted by atomic mass is 9.99. The van der Waals surface area contributed by atoms with Gasteiger partial charge < -0.3 is 5.73 Å². The lowest BCUT2D eigenvalue weighted by Crippen LogP contribution is -2.26. The first-order valence-electron chi connectivity index (χ1n) is 6.09. The van der Waals surface area contributed by atoms with Gasteiger partial charge in [-0.1, -0.05) is 28.1 Å². The Kier molecular flexibility index (Phi) is 4.83. The van der Waals surface area contributed by atoms with Gasteiger partial charge in [-0.25, -0.2) is 13.2 Å². The van der Waals surface area contributed by atoms with Crippen molar-refractivity contribution in [2.75, 3.05) is 0 Å². The quantitative estimate of drug-likeness (QED) is 0.892. The maximum absolute atomic E-state index is 13.5. The molecule has 5 heteroatoms. The van der Waals surface area contributed by atoms with Gasteiger partial charge in [-0.2, -0.15) is 0 Å². The maximum Gasteiger partial charge on any atom is 0.129 e. The molecule has 0 heterocycles. The molecule has 2 aromatic rings. The fourth-order valence-corrected chi connectivity index (χ4v) is 2.54. The maximum atomic E-state index is 13.5. The Morgan fingerprint density at radius 1 is 1.00 bits per heavy atom. The molecule has 0 fully saturated rings. The molecule has 0 aliphatic rings. The second-order valence-corrected chi connectivity index (χ2v) is 5.46. The number of benzene rings is 2. The van der Waals surface area contributed by atoms with Crippen molar-refractivity contribution in [2.24, 2.45) is 5.73 Å². The predicted octanol–water partition coefficient (Wildman–Crippen LogP) is 3.98. The molecular weight excluding hydrogens is 331 g/mol. The zero-order valence-corrected chi connectivity index (χ0v) is 12.1. The summed E-state index contributed by atoms with van der Waals surface area (Å²) in [5, 5.41) is 0. The largest absolute Gasteiger partial charge is 0.327 e. The van der Waals surface area contributed by atoms with E-state index in [9.17, 15) is 13.2 Å². The highest BCUT2D eigenvalue weighted by atomic mass is 79.9. The lowest BCUT2D eigenvalue weighted by Gasteiger charge is -2.14. The zero-order valence-electron chi connectivity index (χ0n) is 10.5. The number of halogens is 4. The van der Waals surface area contributed by atoms with E-state index in [1.165, 1.54) is 30.3 Å². The van der Waals surface area contributed by atoms with Gasteiger partial charge in [0.05, 0.1) is 0 Å². The van der Waals surface area contributed by atoms with E-state index >= 15 is 0 Å². The van der Waals surface area contributed by atoms with E-state index in [4.69, 9.17) is 5.73 Å². The fraction of sp³-hybridized carbons (Fsp3) is 0.200. The van der Waals surface area contributed by atoms with Crippen molar-refractivity contribution in [3.8, 4) is 0 Å². The summed E-state index contributed by atoms with van der Waals surface area (Å²) < 4.78 is 40.6. The summed E-state index contributed by atoms with van der Waals surface area (Å²) >= 11 is 3.25. The average molecular weight is 344 g/mol. The number of hydrogen-bond donors (Lipinski definition) is 1. The molecule has 1 unspecified atom stereocenters. The van der Waals surface area contributed by atoms with Gasteiger partial charge in [-0.3, -0.25) is 0 Å². The van der Waals surface area contributed by atoms with Crippen LogP contribution in [0.25, 0.3) is 0 Å². The van der Waals surface area contributed by atoms with Gasteiger partial charge in [-0.15, -0.1) is 0 Å². The minimum atomic E-state index is -0.598. The Morgan fingerprint density at radius 3 is 2.25 bits per heavy atom. The van der Waals surface area contributed by atoms with Crippen molar-refractivity contribution < 1.29 is 13.2 Å². The van der Waals surface area contributed by atoms with Crippen LogP contribution in [0.4, 0.5) is 13.2 Å². The topological polar surface area (TPSA) is 26.0 Å². The van der Waals surface area contributed by atoms with Crippen LogP contribution in [0.3, 0.4) is 0 Å². The molecule has 20 heavy (non-hydrogen) atoms. The van der Waals surface area contributed by atoms with Gasteiger partial charge in [0.25, 0.3) is 0 Å². The molecule has 0 spiro atoms. The third kappa shape index (κ3) is 3.61. The van der Waals surface area contributed by atoms with Gasteiger partial charge in [-0.05, 0) is 42.7 Å². The van der Waals surface area contributed by atoms with E-state index in [2.05, 4.69) is 15.9 Å². The van der Waals surface area contributed by atoms with Crippen LogP contribution in [-0.2, 0) is 12.8 Å². The lowest BCUT2D eigenvalue weighted by molar-refractivity contribution is 0.533. The number of nitrogens with two attached hydrogens (primary N) is 1. The van der Waals surface area contributed by atoms with E-state index in [1.807, 2.05) is 0 Å². The molecule has 1 atom stereocenters. The second-order valence-electron chi connectivity index (χ2n) is 4.60. The Morgan fingerprint density at radius 2 is 1.65 bits per heavy atom. The highest BCUT2D eigenvalue weighted by Gasteiger charge is 2.14. The summed E-state index contributed by atoms with van der Waals surface area (Å²) in [5.74, 6) is -1.55. The molecule has 0 aliphatic heterocycles. The third-order valence-electron chi connectivity index (χ3n) is 3.03. The first-order valence-corrected chi connectivity index (χ1v) is 6.89. The molecule has 0 bridgehead atoms. The molecule has 106 valence electrons. The SMILES string of the molecule is NC(Cc1ccc(F)cc1Br)Cc1c(F)cccc1F. The Balaban J connectivity index is 2.11. The molecule has 0 aliphatic carbocycles. The molecule has 0 amide bonds. The molecule has 0 saturated carbocycles. The van der Waals surface area contributed by atoms with Crippen LogP contribution in [0.2, 0.25) is 0 Å². The molecule has 2 N–H and O–H groups in total. The van der Waals surface area contributed by atoms with Crippen molar-refractivity contribution in [1.82, 2.24) is 0 Å². The van der Waals surface area contributed by atoms with E-state index < -0.39 is 17.7 Å². The normalized spacial score (nSPS) is 12.4. The van der Waals surface area contributed by atoms with Crippen molar-refractivity contribution >= 4 is 15.9 Å². The van der Waals surface area contributed by atoms with Crippen LogP contribution >= 0.6 is 15.9 Å². The first kappa shape index (κ1) is 15.1. The Bertz CT molecular complexity index is 596. The highest BCUT2D eigenvalue weighted by molar-refractivity contribution is 9.10. The van der Waals surface area contributed by atoms with Crippen molar-refractivity contribution in [3.63, 3.8) is 0 Å². The summed E-state index contributed by atoms with van der Waals surface area (Å²) in [6.07, 6.45) is 0.483. The predicted molar refractivity (Wildman–Crippen MR) is 75.8 cm³/mol. The molecule has 1 nitrogen and oxygen atoms in total. The van der Waals surface area contributed by atoms with Crippen LogP contribution in [0.15, 0.2) is 40.9 Å². The Labute approximate surface area is 123 Å². The molecule has 0 saturated heterocycles. The van der Waals surface area contributed by atoms with Crippen molar-refractivity contribution in [3.05, 3.63) is 69.4 Å². The van der Waals surface area contributed by atoms with Gasteiger partial charge in [0.1, 0.15) is 17.5 Å². The van der Waals surface area contributed by atoms with E-state index in [-0.39, 0.29) is 17.8 Å². The molecule has 0 aromatic heterocycles. The van der Waals surface area contributed by atoms with Crippen LogP contribution in [-0.4, -0.2) is 6.04 Å². The van der Waals surface area contributed by atoms with Crippen LogP contribution < -0.4 is 5.73 Å². The molecule has 2 rings (SSSR count). The van der Waals surface area contributed by atoms with Crippen LogP contribution in [0.5, 0.6) is 0 Å². The zero-order chi connectivity index (χ0) is 14.7.